The molecule has 1 aromatic carbocycles. The Labute approximate surface area is 186 Å². The van der Waals surface area contributed by atoms with Crippen LogP contribution in [0.25, 0.3) is 0 Å². The number of nitrogens with zero attached hydrogens (tertiary/aromatic N) is 2. The predicted molar refractivity (Wildman–Crippen MR) is 121 cm³/mol. The van der Waals surface area contributed by atoms with Crippen LogP contribution in [-0.2, 0) is 28.9 Å². The van der Waals surface area contributed by atoms with E-state index in [-0.39, 0.29) is 11.9 Å². The van der Waals surface area contributed by atoms with E-state index in [0.29, 0.717) is 17.1 Å². The van der Waals surface area contributed by atoms with E-state index in [1.165, 1.54) is 28.9 Å². The van der Waals surface area contributed by atoms with Crippen molar-refractivity contribution in [2.24, 2.45) is 0 Å². The number of thiophene rings is 1. The van der Waals surface area contributed by atoms with E-state index < -0.39 is 0 Å². The van der Waals surface area contributed by atoms with Crippen molar-refractivity contribution in [1.82, 2.24) is 9.80 Å². The topological polar surface area (TPSA) is 71.1 Å². The fraction of sp³-hybridized carbons (Fsp3) is 0.478. The van der Waals surface area contributed by atoms with Crippen molar-refractivity contribution in [1.29, 1.82) is 0 Å². The first-order chi connectivity index (χ1) is 15.1. The molecule has 0 saturated carbocycles. The van der Waals surface area contributed by atoms with Gasteiger partial charge in [0.05, 0.1) is 26.3 Å². The van der Waals surface area contributed by atoms with Gasteiger partial charge in [0.1, 0.15) is 10.8 Å². The molecule has 1 aromatic heterocycles. The maximum absolute atomic E-state index is 12.7. The van der Waals surface area contributed by atoms with Crippen LogP contribution >= 0.6 is 11.3 Å². The molecule has 8 heteroatoms. The summed E-state index contributed by atoms with van der Waals surface area (Å²) in [5, 5.41) is 3.61. The van der Waals surface area contributed by atoms with Gasteiger partial charge in [0.25, 0.3) is 0 Å². The first-order valence-corrected chi connectivity index (χ1v) is 11.5. The monoisotopic (exact) mass is 443 g/mol. The zero-order chi connectivity index (χ0) is 21.8. The Morgan fingerprint density at radius 3 is 2.61 bits per heavy atom. The maximum Gasteiger partial charge on any atom is 0.341 e. The summed E-state index contributed by atoms with van der Waals surface area (Å²) in [6.07, 6.45) is 2.90. The third kappa shape index (κ3) is 5.08. The summed E-state index contributed by atoms with van der Waals surface area (Å²) in [7, 11) is 3.07. The van der Waals surface area contributed by atoms with Crippen LogP contribution in [0.1, 0.15) is 32.8 Å². The van der Waals surface area contributed by atoms with Crippen LogP contribution in [0.4, 0.5) is 5.00 Å². The number of piperazine rings is 1. The van der Waals surface area contributed by atoms with E-state index in [4.69, 9.17) is 9.47 Å². The van der Waals surface area contributed by atoms with Crippen molar-refractivity contribution in [2.75, 3.05) is 52.3 Å². The summed E-state index contributed by atoms with van der Waals surface area (Å²) in [4.78, 5) is 30.7. The Hall–Kier alpha value is -2.42. The molecule has 166 valence electrons. The van der Waals surface area contributed by atoms with Gasteiger partial charge in [-0.2, -0.15) is 0 Å². The molecule has 0 radical (unpaired) electrons. The van der Waals surface area contributed by atoms with E-state index in [9.17, 15) is 9.59 Å². The van der Waals surface area contributed by atoms with Crippen molar-refractivity contribution < 1.29 is 19.1 Å². The Morgan fingerprint density at radius 1 is 1.10 bits per heavy atom. The molecule has 1 fully saturated rings. The number of aryl methyl sites for hydroxylation is 1. The average Bonchev–Trinajstić information content (AvgIpc) is 3.35. The highest BCUT2D eigenvalue weighted by Crippen LogP contribution is 2.39. The molecule has 1 N–H and O–H groups in total. The average molecular weight is 444 g/mol. The third-order valence-corrected chi connectivity index (χ3v) is 7.14. The lowest BCUT2D eigenvalue weighted by Crippen LogP contribution is -2.48. The Morgan fingerprint density at radius 2 is 1.87 bits per heavy atom. The lowest BCUT2D eigenvalue weighted by molar-refractivity contribution is -0.117. The number of fused-ring (bicyclic) bond motifs is 1. The van der Waals surface area contributed by atoms with Gasteiger partial charge in [0.15, 0.2) is 0 Å². The van der Waals surface area contributed by atoms with Gasteiger partial charge in [-0.05, 0) is 42.5 Å². The minimum Gasteiger partial charge on any atom is -0.497 e. The second kappa shape index (κ2) is 9.80. The van der Waals surface area contributed by atoms with Gasteiger partial charge in [0.2, 0.25) is 5.91 Å². The van der Waals surface area contributed by atoms with Crippen LogP contribution in [0.15, 0.2) is 24.3 Å². The number of ether oxygens (including phenoxy) is 2. The number of benzene rings is 1. The highest BCUT2D eigenvalue weighted by molar-refractivity contribution is 7.17. The van der Waals surface area contributed by atoms with Crippen LogP contribution in [-0.4, -0.2) is 68.6 Å². The van der Waals surface area contributed by atoms with Crippen molar-refractivity contribution in [3.8, 4) is 5.75 Å². The molecule has 2 aliphatic rings. The van der Waals surface area contributed by atoms with Gasteiger partial charge in [-0.15, -0.1) is 11.3 Å². The predicted octanol–water partition coefficient (Wildman–Crippen LogP) is 2.79. The van der Waals surface area contributed by atoms with E-state index in [1.807, 2.05) is 12.1 Å². The van der Waals surface area contributed by atoms with Crippen molar-refractivity contribution >= 4 is 28.2 Å². The van der Waals surface area contributed by atoms with Gasteiger partial charge in [-0.25, -0.2) is 4.79 Å². The SMILES string of the molecule is COC(=O)c1c(NC(=O)CN2CCN(Cc3cccc(OC)c3)CC2)sc2c1CCC2. The highest BCUT2D eigenvalue weighted by Gasteiger charge is 2.28. The summed E-state index contributed by atoms with van der Waals surface area (Å²) >= 11 is 1.52. The van der Waals surface area contributed by atoms with Crippen molar-refractivity contribution in [2.45, 2.75) is 25.8 Å². The molecule has 2 aromatic rings. The molecular formula is C23H29N3O4S. The summed E-state index contributed by atoms with van der Waals surface area (Å²) in [6.45, 7) is 4.69. The fourth-order valence-electron chi connectivity index (χ4n) is 4.31. The van der Waals surface area contributed by atoms with E-state index in [2.05, 4.69) is 27.2 Å². The van der Waals surface area contributed by atoms with Crippen LogP contribution in [0.3, 0.4) is 0 Å². The standard InChI is InChI=1S/C23H29N3O4S/c1-29-17-6-3-5-16(13-17)14-25-9-11-26(12-10-25)15-20(27)24-22-21(23(28)30-2)18-7-4-8-19(18)31-22/h3,5-6,13H,4,7-12,14-15H2,1-2H3,(H,24,27). The molecule has 1 aliphatic heterocycles. The summed E-state index contributed by atoms with van der Waals surface area (Å²) in [5.41, 5.74) is 2.83. The number of hydrogen-bond donors (Lipinski definition) is 1. The number of amides is 1. The number of hydrogen-bond acceptors (Lipinski definition) is 7. The van der Waals surface area contributed by atoms with Crippen LogP contribution < -0.4 is 10.1 Å². The van der Waals surface area contributed by atoms with Gasteiger partial charge >= 0.3 is 5.97 Å². The molecule has 4 rings (SSSR count). The molecule has 0 unspecified atom stereocenters. The number of carbonyl (C=O) groups is 2. The first-order valence-electron chi connectivity index (χ1n) is 10.7. The van der Waals surface area contributed by atoms with Crippen molar-refractivity contribution in [3.63, 3.8) is 0 Å². The fourth-order valence-corrected chi connectivity index (χ4v) is 5.61. The quantitative estimate of drug-likeness (QED) is 0.664. The Bertz CT molecular complexity index is 950. The third-order valence-electron chi connectivity index (χ3n) is 5.94. The molecule has 1 aliphatic carbocycles. The molecule has 1 saturated heterocycles. The van der Waals surface area contributed by atoms with Gasteiger partial charge in [-0.3, -0.25) is 14.6 Å². The van der Waals surface area contributed by atoms with Crippen LogP contribution in [0.5, 0.6) is 5.75 Å². The minimum absolute atomic E-state index is 0.0775. The number of carbonyl (C=O) groups excluding carboxylic acids is 2. The van der Waals surface area contributed by atoms with E-state index in [1.54, 1.807) is 7.11 Å². The molecular weight excluding hydrogens is 414 g/mol. The zero-order valence-corrected chi connectivity index (χ0v) is 18.9. The lowest BCUT2D eigenvalue weighted by atomic mass is 10.1. The largest absolute Gasteiger partial charge is 0.497 e. The molecule has 0 spiro atoms. The number of nitrogens with one attached hydrogen (secondary N) is 1. The van der Waals surface area contributed by atoms with Gasteiger partial charge in [0, 0.05) is 37.6 Å². The summed E-state index contributed by atoms with van der Waals surface area (Å²) in [5.74, 6) is 0.436. The van der Waals surface area contributed by atoms with Gasteiger partial charge in [-0.1, -0.05) is 12.1 Å². The number of methoxy groups -OCH3 is 2. The molecule has 7 nitrogen and oxygen atoms in total. The Balaban J connectivity index is 1.29. The maximum atomic E-state index is 12.7. The highest BCUT2D eigenvalue weighted by atomic mass is 32.1. The van der Waals surface area contributed by atoms with Gasteiger partial charge < -0.3 is 14.8 Å². The zero-order valence-electron chi connectivity index (χ0n) is 18.1. The van der Waals surface area contributed by atoms with Crippen LogP contribution in [0.2, 0.25) is 0 Å². The molecule has 0 atom stereocenters. The lowest BCUT2D eigenvalue weighted by Gasteiger charge is -2.34. The normalized spacial score (nSPS) is 16.7. The second-order valence-corrected chi connectivity index (χ2v) is 9.11. The van der Waals surface area contributed by atoms with Crippen molar-refractivity contribution in [3.05, 3.63) is 45.8 Å². The molecule has 0 bridgehead atoms. The number of rotatable bonds is 7. The number of esters is 1. The molecule has 31 heavy (non-hydrogen) atoms. The molecule has 1 amide bonds. The smallest absolute Gasteiger partial charge is 0.341 e. The molecule has 2 heterocycles. The Kier molecular flexibility index (Phi) is 6.89. The second-order valence-electron chi connectivity index (χ2n) is 8.01. The minimum atomic E-state index is -0.360. The van der Waals surface area contributed by atoms with E-state index in [0.717, 1.165) is 63.3 Å². The summed E-state index contributed by atoms with van der Waals surface area (Å²) in [6, 6.07) is 8.14. The van der Waals surface area contributed by atoms with E-state index >= 15 is 0 Å². The summed E-state index contributed by atoms with van der Waals surface area (Å²) < 4.78 is 10.3. The first kappa shape index (κ1) is 21.8. The number of anilines is 1. The van der Waals surface area contributed by atoms with Crippen LogP contribution in [0, 0.1) is 0 Å².